The molecule has 6 aromatic carbocycles. The summed E-state index contributed by atoms with van der Waals surface area (Å²) in [6, 6.07) is 48.0. The van der Waals surface area contributed by atoms with Crippen molar-refractivity contribution in [2.75, 3.05) is 7.11 Å². The Morgan fingerprint density at radius 2 is 0.944 bits per heavy atom. The van der Waals surface area contributed by atoms with Gasteiger partial charge in [0, 0.05) is 11.1 Å². The van der Waals surface area contributed by atoms with E-state index in [0.29, 0.717) is 0 Å². The van der Waals surface area contributed by atoms with E-state index >= 15 is 0 Å². The van der Waals surface area contributed by atoms with Gasteiger partial charge in [-0.3, -0.25) is 0 Å². The van der Waals surface area contributed by atoms with E-state index in [1.165, 1.54) is 43.0 Å². The molecule has 6 aromatic rings. The molecule has 0 saturated heterocycles. The lowest BCUT2D eigenvalue weighted by molar-refractivity contribution is 0.417. The summed E-state index contributed by atoms with van der Waals surface area (Å²) in [6.45, 7) is 0. The number of hydrogen-bond acceptors (Lipinski definition) is 1. The lowest BCUT2D eigenvalue weighted by atomic mass is 9.93. The third-order valence-electron chi connectivity index (χ3n) is 6.54. The molecule has 0 saturated carbocycles. The fourth-order valence-corrected chi connectivity index (χ4v) is 7.44. The van der Waals surface area contributed by atoms with Crippen LogP contribution in [-0.2, 0) is 0 Å². The van der Waals surface area contributed by atoms with E-state index in [-0.39, 0.29) is 13.5 Å². The van der Waals surface area contributed by atoms with Gasteiger partial charge in [-0.15, -0.1) is 0 Å². The molecule has 176 valence electrons. The Balaban J connectivity index is 0.00000267. The minimum atomic E-state index is -0.792. The number of hydrogen-bond donors (Lipinski definition) is 0. The monoisotopic (exact) mass is 502 g/mol. The molecular weight excluding hydrogens is 475 g/mol. The van der Waals surface area contributed by atoms with Gasteiger partial charge in [0.15, 0.2) is 0 Å². The van der Waals surface area contributed by atoms with Crippen LogP contribution in [0.2, 0.25) is 0 Å². The third kappa shape index (κ3) is 4.28. The maximum Gasteiger partial charge on any atom is 0.127 e. The van der Waals surface area contributed by atoms with E-state index < -0.39 is 7.92 Å². The lowest BCUT2D eigenvalue weighted by Crippen LogP contribution is -2.22. The Morgan fingerprint density at radius 3 is 1.50 bits per heavy atom. The predicted octanol–water partition coefficient (Wildman–Crippen LogP) is 7.54. The van der Waals surface area contributed by atoms with Crippen molar-refractivity contribution in [3.05, 3.63) is 133 Å². The number of ether oxygens (including phenoxy) is 1. The number of benzene rings is 6. The summed E-state index contributed by atoms with van der Waals surface area (Å²) in [5.74, 6) is 0.900. The molecule has 0 bridgehead atoms. The zero-order valence-corrected chi connectivity index (χ0v) is 22.0. The largest absolute Gasteiger partial charge is 0.496 e. The van der Waals surface area contributed by atoms with Crippen LogP contribution in [0.25, 0.3) is 32.7 Å². The Hall–Kier alpha value is -3.58. The van der Waals surface area contributed by atoms with Crippen LogP contribution in [0.15, 0.2) is 133 Å². The summed E-state index contributed by atoms with van der Waals surface area (Å²) in [4.78, 5) is 0. The maximum atomic E-state index is 6.01. The van der Waals surface area contributed by atoms with Gasteiger partial charge in [0.25, 0.3) is 0 Å². The lowest BCUT2D eigenvalue weighted by Gasteiger charge is -2.25. The molecule has 0 heterocycles. The maximum absolute atomic E-state index is 6.01. The number of fused-ring (bicyclic) bond motifs is 2. The third-order valence-corrected chi connectivity index (χ3v) is 9.02. The van der Waals surface area contributed by atoms with Crippen molar-refractivity contribution in [1.29, 1.82) is 0 Å². The van der Waals surface area contributed by atoms with E-state index in [9.17, 15) is 0 Å². The minimum Gasteiger partial charge on any atom is -0.496 e. The highest BCUT2D eigenvalue weighted by molar-refractivity contribution is 7.80. The summed E-state index contributed by atoms with van der Waals surface area (Å²) in [5, 5.41) is 8.92. The first-order chi connectivity index (χ1) is 17.3. The Labute approximate surface area is 220 Å². The van der Waals surface area contributed by atoms with E-state index in [4.69, 9.17) is 4.74 Å². The average molecular weight is 503 g/mol. The van der Waals surface area contributed by atoms with Crippen molar-refractivity contribution in [2.24, 2.45) is 0 Å². The Morgan fingerprint density at radius 1 is 0.472 bits per heavy atom. The van der Waals surface area contributed by atoms with Crippen LogP contribution in [0.4, 0.5) is 0 Å². The second-order valence-electron chi connectivity index (χ2n) is 8.55. The molecule has 0 atom stereocenters. The first-order valence-corrected chi connectivity index (χ1v) is 13.2. The smallest absolute Gasteiger partial charge is 0.127 e. The van der Waals surface area contributed by atoms with Crippen molar-refractivity contribution >= 4 is 58.9 Å². The highest BCUT2D eigenvalue weighted by Crippen LogP contribution is 2.45. The van der Waals surface area contributed by atoms with Crippen molar-refractivity contribution in [2.45, 2.75) is 0 Å². The van der Waals surface area contributed by atoms with Crippen molar-refractivity contribution in [3.8, 4) is 16.9 Å². The van der Waals surface area contributed by atoms with Crippen LogP contribution in [0.1, 0.15) is 0 Å². The second-order valence-corrected chi connectivity index (χ2v) is 10.7. The molecule has 0 fully saturated rings. The molecule has 0 aromatic heterocycles. The molecule has 0 amide bonds. The van der Waals surface area contributed by atoms with Gasteiger partial charge in [0.05, 0.1) is 7.11 Å². The van der Waals surface area contributed by atoms with E-state index in [2.05, 4.69) is 133 Å². The molecule has 36 heavy (non-hydrogen) atoms. The van der Waals surface area contributed by atoms with Crippen molar-refractivity contribution in [3.63, 3.8) is 0 Å². The Bertz CT molecular complexity index is 1590. The molecule has 0 unspecified atom stereocenters. The zero-order chi connectivity index (χ0) is 23.6. The summed E-state index contributed by atoms with van der Waals surface area (Å²) >= 11 is 0. The highest BCUT2D eigenvalue weighted by Gasteiger charge is 2.24. The molecule has 0 spiro atoms. The molecule has 0 radical (unpaired) electrons. The molecule has 3 heteroatoms. The van der Waals surface area contributed by atoms with Gasteiger partial charge in [-0.1, -0.05) is 127 Å². The van der Waals surface area contributed by atoms with Gasteiger partial charge < -0.3 is 4.74 Å². The van der Waals surface area contributed by atoms with Gasteiger partial charge >= 0.3 is 0 Å². The molecule has 0 aliphatic heterocycles. The van der Waals surface area contributed by atoms with Crippen LogP contribution in [-0.4, -0.2) is 7.11 Å². The minimum absolute atomic E-state index is 0. The van der Waals surface area contributed by atoms with Crippen LogP contribution < -0.4 is 20.7 Å². The molecule has 1 nitrogen and oxygen atoms in total. The van der Waals surface area contributed by atoms with E-state index in [0.717, 1.165) is 11.3 Å². The fourth-order valence-electron chi connectivity index (χ4n) is 4.97. The number of methoxy groups -OCH3 is 1. The summed E-state index contributed by atoms with van der Waals surface area (Å²) in [7, 11) is 0.981. The summed E-state index contributed by atoms with van der Waals surface area (Å²) in [5.41, 5.74) is 2.42. The van der Waals surface area contributed by atoms with Crippen LogP contribution in [0.5, 0.6) is 5.75 Å². The first-order valence-electron chi connectivity index (χ1n) is 11.8. The van der Waals surface area contributed by atoms with Gasteiger partial charge in [-0.05, 0) is 51.4 Å². The quantitative estimate of drug-likeness (QED) is 0.221. The van der Waals surface area contributed by atoms with Crippen molar-refractivity contribution < 1.29 is 4.74 Å². The molecule has 6 rings (SSSR count). The molecule has 0 aliphatic rings. The van der Waals surface area contributed by atoms with Gasteiger partial charge in [-0.2, -0.15) is 13.5 Å². The molecule has 0 N–H and O–H groups in total. The molecular formula is C33H27OPS. The van der Waals surface area contributed by atoms with E-state index in [1.807, 2.05) is 0 Å². The van der Waals surface area contributed by atoms with Gasteiger partial charge in [0.2, 0.25) is 0 Å². The van der Waals surface area contributed by atoms with Gasteiger partial charge in [0.1, 0.15) is 5.75 Å². The highest BCUT2D eigenvalue weighted by atomic mass is 32.1. The van der Waals surface area contributed by atoms with Crippen LogP contribution in [0, 0.1) is 0 Å². The van der Waals surface area contributed by atoms with Gasteiger partial charge in [-0.25, -0.2) is 0 Å². The SMILES string of the molecule is COc1ccc2ccccc2c1-c1c(P(c2ccccc2)c2ccccc2)ccc2ccccc12.S. The van der Waals surface area contributed by atoms with Crippen molar-refractivity contribution in [1.82, 2.24) is 0 Å². The standard InChI is InChI=1S/C33H25OP.H2S/c1-34-30-22-20-24-12-8-10-18-28(24)32(30)33-29-19-11-9-13-25(29)21-23-31(33)35(26-14-4-2-5-15-26)27-16-6-3-7-17-27;/h2-23H,1H3;1H2. The summed E-state index contributed by atoms with van der Waals surface area (Å²) < 4.78 is 6.01. The number of rotatable bonds is 5. The Kier molecular flexibility index (Phi) is 7.09. The topological polar surface area (TPSA) is 9.23 Å². The fraction of sp³-hybridized carbons (Fsp3) is 0.0303. The first kappa shape index (κ1) is 24.1. The zero-order valence-electron chi connectivity index (χ0n) is 20.1. The normalized spacial score (nSPS) is 10.9. The molecule has 0 aliphatic carbocycles. The average Bonchev–Trinajstić information content (AvgIpc) is 2.94. The van der Waals surface area contributed by atoms with Crippen LogP contribution in [0.3, 0.4) is 0 Å². The second kappa shape index (κ2) is 10.6. The van der Waals surface area contributed by atoms with E-state index in [1.54, 1.807) is 7.11 Å². The summed E-state index contributed by atoms with van der Waals surface area (Å²) in [6.07, 6.45) is 0. The van der Waals surface area contributed by atoms with Crippen LogP contribution >= 0.6 is 21.4 Å². The predicted molar refractivity (Wildman–Crippen MR) is 163 cm³/mol.